The van der Waals surface area contributed by atoms with Crippen LogP contribution in [0.5, 0.6) is 0 Å². The Hall–Kier alpha value is -1.61. The predicted octanol–water partition coefficient (Wildman–Crippen LogP) is 2.94. The van der Waals surface area contributed by atoms with Gasteiger partial charge in [0.15, 0.2) is 0 Å². The van der Waals surface area contributed by atoms with Gasteiger partial charge in [0.25, 0.3) is 0 Å². The van der Waals surface area contributed by atoms with E-state index in [0.29, 0.717) is 5.92 Å². The first kappa shape index (κ1) is 15.8. The second kappa shape index (κ2) is 7.41. The molecule has 1 saturated heterocycles. The lowest BCUT2D eigenvalue weighted by atomic mass is 9.95. The minimum absolute atomic E-state index is 0.0811. The molecular formula is C18H25NO2. The molecule has 1 fully saturated rings. The highest BCUT2D eigenvalue weighted by atomic mass is 16.3. The molecule has 1 heterocycles. The van der Waals surface area contributed by atoms with Crippen molar-refractivity contribution in [2.24, 2.45) is 5.92 Å². The molecule has 1 unspecified atom stereocenters. The molecule has 1 N–H and O–H groups in total. The number of likely N-dealkylation sites (tertiary alicyclic amines) is 1. The van der Waals surface area contributed by atoms with Crippen LogP contribution in [-0.2, 0) is 4.79 Å². The van der Waals surface area contributed by atoms with E-state index >= 15 is 0 Å². The average molecular weight is 287 g/mol. The summed E-state index contributed by atoms with van der Waals surface area (Å²) in [5.41, 5.74) is 3.52. The minimum Gasteiger partial charge on any atom is -0.396 e. The molecule has 0 radical (unpaired) electrons. The molecule has 0 aromatic heterocycles. The van der Waals surface area contributed by atoms with Crippen molar-refractivity contribution in [2.75, 3.05) is 19.7 Å². The second-order valence-corrected chi connectivity index (χ2v) is 6.00. The number of aliphatic hydroxyl groups excluding tert-OH is 1. The SMILES string of the molecule is Cc1ccc(C=CC(=O)N2CCCC(CCO)C2)c(C)c1. The number of amides is 1. The van der Waals surface area contributed by atoms with E-state index in [9.17, 15) is 4.79 Å². The van der Waals surface area contributed by atoms with Gasteiger partial charge in [-0.3, -0.25) is 4.79 Å². The van der Waals surface area contributed by atoms with Crippen molar-refractivity contribution >= 4 is 12.0 Å². The van der Waals surface area contributed by atoms with Gasteiger partial charge in [-0.2, -0.15) is 0 Å². The maximum absolute atomic E-state index is 12.3. The third-order valence-corrected chi connectivity index (χ3v) is 4.20. The highest BCUT2D eigenvalue weighted by Gasteiger charge is 2.21. The van der Waals surface area contributed by atoms with Crippen LogP contribution in [0.15, 0.2) is 24.3 Å². The van der Waals surface area contributed by atoms with Crippen molar-refractivity contribution in [3.8, 4) is 0 Å². The van der Waals surface area contributed by atoms with Crippen molar-refractivity contribution in [1.82, 2.24) is 4.90 Å². The molecule has 1 aromatic carbocycles. The first-order valence-corrected chi connectivity index (χ1v) is 7.75. The van der Waals surface area contributed by atoms with Crippen molar-refractivity contribution < 1.29 is 9.90 Å². The van der Waals surface area contributed by atoms with Crippen LogP contribution >= 0.6 is 0 Å². The lowest BCUT2D eigenvalue weighted by molar-refractivity contribution is -0.127. The number of nitrogens with zero attached hydrogens (tertiary/aromatic N) is 1. The summed E-state index contributed by atoms with van der Waals surface area (Å²) in [4.78, 5) is 14.2. The zero-order valence-corrected chi connectivity index (χ0v) is 13.0. The summed E-state index contributed by atoms with van der Waals surface area (Å²) in [5, 5.41) is 9.03. The van der Waals surface area contributed by atoms with Gasteiger partial charge in [-0.05, 0) is 56.2 Å². The number of rotatable bonds is 4. The van der Waals surface area contributed by atoms with Crippen molar-refractivity contribution in [2.45, 2.75) is 33.1 Å². The molecule has 114 valence electrons. The molecule has 1 amide bonds. The molecule has 1 aliphatic rings. The molecule has 0 aliphatic carbocycles. The zero-order valence-electron chi connectivity index (χ0n) is 13.0. The third kappa shape index (κ3) is 4.43. The van der Waals surface area contributed by atoms with Crippen LogP contribution in [-0.4, -0.2) is 35.6 Å². The van der Waals surface area contributed by atoms with Gasteiger partial charge in [-0.15, -0.1) is 0 Å². The standard InChI is InChI=1S/C18H25NO2/c1-14-5-6-17(15(2)12-14)7-8-18(21)19-10-3-4-16(13-19)9-11-20/h5-8,12,16,20H,3-4,9-11,13H2,1-2H3. The van der Waals surface area contributed by atoms with E-state index in [4.69, 9.17) is 5.11 Å². The maximum Gasteiger partial charge on any atom is 0.246 e. The summed E-state index contributed by atoms with van der Waals surface area (Å²) in [6.07, 6.45) is 6.54. The Morgan fingerprint density at radius 3 is 2.95 bits per heavy atom. The van der Waals surface area contributed by atoms with Gasteiger partial charge in [-0.25, -0.2) is 0 Å². The molecule has 0 bridgehead atoms. The largest absolute Gasteiger partial charge is 0.396 e. The average Bonchev–Trinajstić information content (AvgIpc) is 2.47. The van der Waals surface area contributed by atoms with Gasteiger partial charge < -0.3 is 10.0 Å². The van der Waals surface area contributed by atoms with Gasteiger partial charge in [0.1, 0.15) is 0 Å². The first-order valence-electron chi connectivity index (χ1n) is 7.75. The third-order valence-electron chi connectivity index (χ3n) is 4.20. The van der Waals surface area contributed by atoms with Crippen molar-refractivity contribution in [3.63, 3.8) is 0 Å². The van der Waals surface area contributed by atoms with Crippen LogP contribution in [0.2, 0.25) is 0 Å². The number of hydrogen-bond donors (Lipinski definition) is 1. The summed E-state index contributed by atoms with van der Waals surface area (Å²) >= 11 is 0. The number of benzene rings is 1. The topological polar surface area (TPSA) is 40.5 Å². The van der Waals surface area contributed by atoms with Crippen LogP contribution in [0.1, 0.15) is 36.0 Å². The number of carbonyl (C=O) groups is 1. The van der Waals surface area contributed by atoms with Gasteiger partial charge in [-0.1, -0.05) is 23.8 Å². The Morgan fingerprint density at radius 1 is 1.43 bits per heavy atom. The summed E-state index contributed by atoms with van der Waals surface area (Å²) in [7, 11) is 0. The molecule has 1 atom stereocenters. The van der Waals surface area contributed by atoms with Crippen LogP contribution in [0.4, 0.5) is 0 Å². The fourth-order valence-electron chi connectivity index (χ4n) is 2.96. The molecule has 0 saturated carbocycles. The number of aryl methyl sites for hydroxylation is 2. The number of aliphatic hydroxyl groups is 1. The first-order chi connectivity index (χ1) is 10.1. The normalized spacial score (nSPS) is 19.2. The Labute approximate surface area is 127 Å². The van der Waals surface area contributed by atoms with Crippen LogP contribution in [0, 0.1) is 19.8 Å². The Kier molecular flexibility index (Phi) is 5.57. The highest BCUT2D eigenvalue weighted by molar-refractivity contribution is 5.92. The monoisotopic (exact) mass is 287 g/mol. The van der Waals surface area contributed by atoms with E-state index in [-0.39, 0.29) is 12.5 Å². The fraction of sp³-hybridized carbons (Fsp3) is 0.500. The summed E-state index contributed by atoms with van der Waals surface area (Å²) in [5.74, 6) is 0.528. The maximum atomic E-state index is 12.3. The van der Waals surface area contributed by atoms with Gasteiger partial charge in [0.2, 0.25) is 5.91 Å². The van der Waals surface area contributed by atoms with Gasteiger partial charge >= 0.3 is 0 Å². The van der Waals surface area contributed by atoms with E-state index < -0.39 is 0 Å². The predicted molar refractivity (Wildman–Crippen MR) is 86.0 cm³/mol. The Morgan fingerprint density at radius 2 is 2.24 bits per heavy atom. The van der Waals surface area contributed by atoms with Crippen molar-refractivity contribution in [1.29, 1.82) is 0 Å². The quantitative estimate of drug-likeness (QED) is 0.865. The van der Waals surface area contributed by atoms with Crippen molar-refractivity contribution in [3.05, 3.63) is 41.0 Å². The molecular weight excluding hydrogens is 262 g/mol. The van der Waals surface area contributed by atoms with Crippen LogP contribution in [0.25, 0.3) is 6.08 Å². The fourth-order valence-corrected chi connectivity index (χ4v) is 2.96. The Balaban J connectivity index is 1.98. The molecule has 0 spiro atoms. The van der Waals surface area contributed by atoms with Gasteiger partial charge in [0, 0.05) is 25.8 Å². The summed E-state index contributed by atoms with van der Waals surface area (Å²) in [6, 6.07) is 6.25. The molecule has 1 aliphatic heterocycles. The van der Waals surface area contributed by atoms with Crippen LogP contribution in [0.3, 0.4) is 0 Å². The van der Waals surface area contributed by atoms with Gasteiger partial charge in [0.05, 0.1) is 0 Å². The number of carbonyl (C=O) groups excluding carboxylic acids is 1. The lowest BCUT2D eigenvalue weighted by Gasteiger charge is -2.31. The number of piperidine rings is 1. The molecule has 3 heteroatoms. The number of hydrogen-bond acceptors (Lipinski definition) is 2. The molecule has 2 rings (SSSR count). The zero-order chi connectivity index (χ0) is 15.2. The van der Waals surface area contributed by atoms with E-state index in [2.05, 4.69) is 32.0 Å². The summed E-state index contributed by atoms with van der Waals surface area (Å²) in [6.45, 7) is 5.95. The smallest absolute Gasteiger partial charge is 0.246 e. The molecule has 21 heavy (non-hydrogen) atoms. The second-order valence-electron chi connectivity index (χ2n) is 6.00. The van der Waals surface area contributed by atoms with E-state index in [1.807, 2.05) is 11.0 Å². The van der Waals surface area contributed by atoms with E-state index in [0.717, 1.165) is 37.9 Å². The molecule has 1 aromatic rings. The lowest BCUT2D eigenvalue weighted by Crippen LogP contribution is -2.39. The Bertz CT molecular complexity index is 520. The highest BCUT2D eigenvalue weighted by Crippen LogP contribution is 2.20. The van der Waals surface area contributed by atoms with E-state index in [1.165, 1.54) is 11.1 Å². The van der Waals surface area contributed by atoms with E-state index in [1.54, 1.807) is 6.08 Å². The summed E-state index contributed by atoms with van der Waals surface area (Å²) < 4.78 is 0. The molecule has 3 nitrogen and oxygen atoms in total. The minimum atomic E-state index is 0.0811. The van der Waals surface area contributed by atoms with Crippen LogP contribution < -0.4 is 0 Å².